The first kappa shape index (κ1) is 23.2. The van der Waals surface area contributed by atoms with E-state index < -0.39 is 52.5 Å². The summed E-state index contributed by atoms with van der Waals surface area (Å²) in [6.45, 7) is 3.30. The van der Waals surface area contributed by atoms with Crippen molar-refractivity contribution in [2.75, 3.05) is 11.1 Å². The molecule has 2 nitrogen and oxygen atoms in total. The van der Waals surface area contributed by atoms with E-state index in [0.717, 1.165) is 23.9 Å². The summed E-state index contributed by atoms with van der Waals surface area (Å²) in [4.78, 5) is 0.250. The molecule has 11 heteroatoms. The smallest absolute Gasteiger partial charge is 0.378 e. The van der Waals surface area contributed by atoms with Gasteiger partial charge in [0.05, 0.1) is 6.04 Å². The van der Waals surface area contributed by atoms with Gasteiger partial charge in [-0.25, -0.2) is 8.78 Å². The molecule has 32 heavy (non-hydrogen) atoms. The van der Waals surface area contributed by atoms with Gasteiger partial charge in [-0.2, -0.15) is 26.3 Å². The molecule has 0 saturated carbocycles. The molecule has 2 aliphatic heterocycles. The van der Waals surface area contributed by atoms with Crippen LogP contribution in [0.2, 0.25) is 0 Å². The number of rotatable bonds is 1. The molecular formula is C21H17F8NOS. The Morgan fingerprint density at radius 2 is 1.62 bits per heavy atom. The highest BCUT2D eigenvalue weighted by atomic mass is 32.2. The Morgan fingerprint density at radius 1 is 1.00 bits per heavy atom. The molecule has 0 bridgehead atoms. The van der Waals surface area contributed by atoms with E-state index in [0.29, 0.717) is 23.4 Å². The molecule has 0 fully saturated rings. The van der Waals surface area contributed by atoms with Gasteiger partial charge in [-0.1, -0.05) is 19.9 Å². The molecule has 0 saturated heterocycles. The van der Waals surface area contributed by atoms with Crippen LogP contribution >= 0.6 is 11.8 Å². The second kappa shape index (κ2) is 6.99. The maximum absolute atomic E-state index is 14.3. The largest absolute Gasteiger partial charge is 0.430 e. The Balaban J connectivity index is 1.86. The van der Waals surface area contributed by atoms with E-state index in [1.54, 1.807) is 13.8 Å². The maximum atomic E-state index is 14.3. The molecule has 0 spiro atoms. The molecule has 174 valence electrons. The Morgan fingerprint density at radius 3 is 2.22 bits per heavy atom. The van der Waals surface area contributed by atoms with Gasteiger partial charge >= 0.3 is 12.4 Å². The predicted octanol–water partition coefficient (Wildman–Crippen LogP) is 6.44. The van der Waals surface area contributed by atoms with Gasteiger partial charge in [0.15, 0.2) is 0 Å². The zero-order valence-corrected chi connectivity index (χ0v) is 17.4. The van der Waals surface area contributed by atoms with E-state index >= 15 is 0 Å². The fourth-order valence-corrected chi connectivity index (χ4v) is 6.04. The minimum Gasteiger partial charge on any atom is -0.378 e. The lowest BCUT2D eigenvalue weighted by atomic mass is 9.65. The van der Waals surface area contributed by atoms with Crippen LogP contribution in [-0.4, -0.2) is 23.2 Å². The van der Waals surface area contributed by atoms with E-state index in [4.69, 9.17) is 0 Å². The van der Waals surface area contributed by atoms with Gasteiger partial charge in [-0.05, 0) is 34.7 Å². The normalized spacial score (nSPS) is 22.5. The first-order valence-electron chi connectivity index (χ1n) is 9.48. The monoisotopic (exact) mass is 483 g/mol. The molecule has 4 rings (SSSR count). The lowest BCUT2D eigenvalue weighted by molar-refractivity contribution is -0.376. The lowest BCUT2D eigenvalue weighted by Gasteiger charge is -2.49. The fraction of sp³-hybridized carbons (Fsp3) is 0.429. The number of aliphatic hydroxyl groups is 1. The fourth-order valence-electron chi connectivity index (χ4n) is 4.54. The number of hydrogen-bond donors (Lipinski definition) is 2. The van der Waals surface area contributed by atoms with Crippen LogP contribution in [0.15, 0.2) is 35.2 Å². The average molecular weight is 483 g/mol. The van der Waals surface area contributed by atoms with Gasteiger partial charge in [0.1, 0.15) is 11.6 Å². The zero-order valence-electron chi connectivity index (χ0n) is 16.6. The molecule has 2 atom stereocenters. The molecule has 2 unspecified atom stereocenters. The van der Waals surface area contributed by atoms with Crippen molar-refractivity contribution in [1.82, 2.24) is 0 Å². The predicted molar refractivity (Wildman–Crippen MR) is 102 cm³/mol. The summed E-state index contributed by atoms with van der Waals surface area (Å²) in [6.07, 6.45) is -12.0. The van der Waals surface area contributed by atoms with Crippen LogP contribution in [0.3, 0.4) is 0 Å². The molecule has 2 aromatic carbocycles. The van der Waals surface area contributed by atoms with Gasteiger partial charge in [0.2, 0.25) is 0 Å². The third-order valence-corrected chi connectivity index (χ3v) is 7.62. The highest BCUT2D eigenvalue weighted by Crippen LogP contribution is 2.56. The van der Waals surface area contributed by atoms with Crippen molar-refractivity contribution in [3.8, 4) is 0 Å². The number of nitrogens with one attached hydrogen (secondary N) is 1. The van der Waals surface area contributed by atoms with Gasteiger partial charge in [-0.15, -0.1) is 11.8 Å². The Kier molecular flexibility index (Phi) is 5.06. The summed E-state index contributed by atoms with van der Waals surface area (Å²) >= 11 is 1.11. The number of fused-ring (bicyclic) bond motifs is 4. The average Bonchev–Trinajstić information content (AvgIpc) is 2.65. The summed E-state index contributed by atoms with van der Waals surface area (Å²) < 4.78 is 108. The zero-order chi connectivity index (χ0) is 23.9. The summed E-state index contributed by atoms with van der Waals surface area (Å²) in [7, 11) is 0. The first-order chi connectivity index (χ1) is 14.6. The van der Waals surface area contributed by atoms with Crippen molar-refractivity contribution < 1.29 is 40.2 Å². The standard InChI is InChI=1S/C21H17F8NOS/c1-18(2)12-5-9(19(31,20(24,25)26)21(27,28)29)3-4-15(12)30-16-11-6-10(22)7-14(23)17(11)32-8-13(16)18/h3-7,13,16,30-31H,8H2,1-2H3. The number of hydrogen-bond acceptors (Lipinski definition) is 3. The number of halogens is 8. The number of anilines is 1. The molecule has 0 aliphatic carbocycles. The van der Waals surface area contributed by atoms with Crippen LogP contribution < -0.4 is 5.32 Å². The minimum atomic E-state index is -6.00. The van der Waals surface area contributed by atoms with Gasteiger partial charge < -0.3 is 10.4 Å². The molecule has 2 aliphatic rings. The summed E-state index contributed by atoms with van der Waals surface area (Å²) in [5.41, 5.74) is -6.65. The van der Waals surface area contributed by atoms with Gasteiger partial charge in [0.25, 0.3) is 5.60 Å². The second-order valence-corrected chi connectivity index (χ2v) is 9.56. The van der Waals surface area contributed by atoms with Crippen LogP contribution in [0.4, 0.5) is 40.8 Å². The maximum Gasteiger partial charge on any atom is 0.430 e. The van der Waals surface area contributed by atoms with E-state index in [9.17, 15) is 40.2 Å². The van der Waals surface area contributed by atoms with E-state index in [-0.39, 0.29) is 16.1 Å². The topological polar surface area (TPSA) is 32.3 Å². The van der Waals surface area contributed by atoms with Crippen molar-refractivity contribution in [1.29, 1.82) is 0 Å². The van der Waals surface area contributed by atoms with E-state index in [1.165, 1.54) is 6.07 Å². The number of benzene rings is 2. The first-order valence-corrected chi connectivity index (χ1v) is 10.5. The highest BCUT2D eigenvalue weighted by Gasteiger charge is 2.71. The van der Waals surface area contributed by atoms with E-state index in [2.05, 4.69) is 5.32 Å². The van der Waals surface area contributed by atoms with Crippen LogP contribution in [0, 0.1) is 17.6 Å². The molecule has 0 aromatic heterocycles. The molecule has 2 N–H and O–H groups in total. The minimum absolute atomic E-state index is 0.143. The van der Waals surface area contributed by atoms with Crippen LogP contribution in [-0.2, 0) is 11.0 Å². The summed E-state index contributed by atoms with van der Waals surface area (Å²) in [5, 5.41) is 12.8. The number of thioether (sulfide) groups is 1. The third kappa shape index (κ3) is 3.19. The van der Waals surface area contributed by atoms with Gasteiger partial charge in [-0.3, -0.25) is 0 Å². The lowest BCUT2D eigenvalue weighted by Crippen LogP contribution is -2.54. The molecule has 2 aromatic rings. The van der Waals surface area contributed by atoms with Gasteiger partial charge in [0, 0.05) is 33.9 Å². The van der Waals surface area contributed by atoms with Crippen LogP contribution in [0.25, 0.3) is 0 Å². The summed E-state index contributed by atoms with van der Waals surface area (Å²) in [6, 6.07) is 3.64. The van der Waals surface area contributed by atoms with Crippen LogP contribution in [0.1, 0.15) is 36.6 Å². The summed E-state index contributed by atoms with van der Waals surface area (Å²) in [5.74, 6) is -1.63. The third-order valence-electron chi connectivity index (χ3n) is 6.37. The number of alkyl halides is 6. The Bertz CT molecular complexity index is 1060. The SMILES string of the molecule is CC1(C)c2cc(C(O)(C(F)(F)F)C(F)(F)F)ccc2NC2c3cc(F)cc(F)c3SCC21. The quantitative estimate of drug-likeness (QED) is 0.458. The van der Waals surface area contributed by atoms with E-state index in [1.807, 2.05) is 0 Å². The van der Waals surface area contributed by atoms with Crippen molar-refractivity contribution in [2.24, 2.45) is 5.92 Å². The molecule has 2 heterocycles. The molecule has 0 amide bonds. The molecule has 0 radical (unpaired) electrons. The van der Waals surface area contributed by atoms with Crippen molar-refractivity contribution in [3.05, 3.63) is 58.7 Å². The Hall–Kier alpha value is -2.01. The van der Waals surface area contributed by atoms with Crippen LogP contribution in [0.5, 0.6) is 0 Å². The molecular weight excluding hydrogens is 466 g/mol. The highest BCUT2D eigenvalue weighted by molar-refractivity contribution is 7.99. The van der Waals surface area contributed by atoms with Crippen molar-refractivity contribution in [3.63, 3.8) is 0 Å². The Labute approximate surface area is 182 Å². The second-order valence-electron chi connectivity index (χ2n) is 8.53. The van der Waals surface area contributed by atoms with Crippen molar-refractivity contribution in [2.45, 2.75) is 48.2 Å². The van der Waals surface area contributed by atoms with Crippen molar-refractivity contribution >= 4 is 17.4 Å².